The van der Waals surface area contributed by atoms with Crippen molar-refractivity contribution < 1.29 is 4.79 Å². The normalized spacial score (nSPS) is 19.9. The molecule has 2 aromatic rings. The number of carbonyl (C=O) groups excluding carboxylic acids is 1. The van der Waals surface area contributed by atoms with Gasteiger partial charge in [0.2, 0.25) is 5.91 Å². The van der Waals surface area contributed by atoms with Gasteiger partial charge < -0.3 is 15.2 Å². The zero-order chi connectivity index (χ0) is 12.5. The summed E-state index contributed by atoms with van der Waals surface area (Å²) >= 11 is 0. The van der Waals surface area contributed by atoms with E-state index in [1.165, 1.54) is 0 Å². The van der Waals surface area contributed by atoms with Crippen molar-refractivity contribution in [1.29, 1.82) is 0 Å². The number of imidazole rings is 1. The van der Waals surface area contributed by atoms with Crippen LogP contribution >= 0.6 is 0 Å². The molecule has 1 amide bonds. The molecule has 1 saturated heterocycles. The first-order chi connectivity index (χ1) is 8.74. The minimum atomic E-state index is -0.00275. The molecule has 0 radical (unpaired) electrons. The Morgan fingerprint density at radius 3 is 2.94 bits per heavy atom. The molecule has 1 aliphatic rings. The summed E-state index contributed by atoms with van der Waals surface area (Å²) in [6, 6.07) is 8.00. The molecule has 1 atom stereocenters. The molecule has 18 heavy (non-hydrogen) atoms. The van der Waals surface area contributed by atoms with E-state index in [4.69, 9.17) is 5.73 Å². The Hall–Kier alpha value is -1.88. The van der Waals surface area contributed by atoms with E-state index in [-0.39, 0.29) is 11.9 Å². The number of likely N-dealkylation sites (tertiary alicyclic amines) is 1. The van der Waals surface area contributed by atoms with Crippen molar-refractivity contribution >= 4 is 16.9 Å². The number of fused-ring (bicyclic) bond motifs is 1. The van der Waals surface area contributed by atoms with Crippen LogP contribution in [-0.4, -0.2) is 39.5 Å². The van der Waals surface area contributed by atoms with Gasteiger partial charge in [-0.3, -0.25) is 4.79 Å². The summed E-state index contributed by atoms with van der Waals surface area (Å²) in [7, 11) is 0. The highest BCUT2D eigenvalue weighted by Gasteiger charge is 2.26. The van der Waals surface area contributed by atoms with E-state index in [1.807, 2.05) is 35.5 Å². The van der Waals surface area contributed by atoms with Crippen LogP contribution in [0.5, 0.6) is 0 Å². The Kier molecular flexibility index (Phi) is 2.76. The van der Waals surface area contributed by atoms with E-state index in [9.17, 15) is 4.79 Å². The zero-order valence-corrected chi connectivity index (χ0v) is 10.1. The lowest BCUT2D eigenvalue weighted by atomic mass is 10.3. The van der Waals surface area contributed by atoms with E-state index in [0.717, 1.165) is 17.6 Å². The number of nitrogens with two attached hydrogens (primary N) is 1. The second-order valence-corrected chi connectivity index (χ2v) is 4.73. The van der Waals surface area contributed by atoms with E-state index in [2.05, 4.69) is 9.55 Å². The van der Waals surface area contributed by atoms with Crippen molar-refractivity contribution in [3.05, 3.63) is 30.6 Å². The molecule has 2 N–H and O–H groups in total. The topological polar surface area (TPSA) is 64.2 Å². The number of aromatic nitrogens is 2. The third-order valence-corrected chi connectivity index (χ3v) is 3.38. The van der Waals surface area contributed by atoms with Crippen LogP contribution < -0.4 is 5.73 Å². The fraction of sp³-hybridized carbons (Fsp3) is 0.385. The highest BCUT2D eigenvalue weighted by atomic mass is 16.2. The number of nitrogens with zero attached hydrogens (tertiary/aromatic N) is 3. The molecule has 5 nitrogen and oxygen atoms in total. The van der Waals surface area contributed by atoms with Gasteiger partial charge in [-0.25, -0.2) is 4.98 Å². The summed E-state index contributed by atoms with van der Waals surface area (Å²) < 4.78 is 2.08. The average Bonchev–Trinajstić information content (AvgIpc) is 2.90. The SMILES string of the molecule is NC1CC(=O)N(CCn2cnc3ccccc32)C1. The summed E-state index contributed by atoms with van der Waals surface area (Å²) in [6.45, 7) is 2.14. The Labute approximate surface area is 105 Å². The maximum Gasteiger partial charge on any atom is 0.224 e. The van der Waals surface area contributed by atoms with Crippen LogP contribution in [0, 0.1) is 0 Å². The summed E-state index contributed by atoms with van der Waals surface area (Å²) in [6.07, 6.45) is 2.30. The summed E-state index contributed by atoms with van der Waals surface area (Å²) in [5.41, 5.74) is 7.87. The van der Waals surface area contributed by atoms with Gasteiger partial charge in [-0.15, -0.1) is 0 Å². The number of amides is 1. The lowest BCUT2D eigenvalue weighted by Gasteiger charge is -2.16. The second kappa shape index (κ2) is 4.42. The number of carbonyl (C=O) groups is 1. The number of hydrogen-bond acceptors (Lipinski definition) is 3. The van der Waals surface area contributed by atoms with Gasteiger partial charge in [0.1, 0.15) is 0 Å². The Bertz CT molecular complexity index is 577. The predicted molar refractivity (Wildman–Crippen MR) is 68.9 cm³/mol. The van der Waals surface area contributed by atoms with Crippen molar-refractivity contribution in [1.82, 2.24) is 14.5 Å². The molecule has 2 heterocycles. The van der Waals surface area contributed by atoms with Crippen LogP contribution in [0.1, 0.15) is 6.42 Å². The Morgan fingerprint density at radius 1 is 1.33 bits per heavy atom. The number of rotatable bonds is 3. The molecule has 1 aromatic heterocycles. The van der Waals surface area contributed by atoms with Gasteiger partial charge in [0.25, 0.3) is 0 Å². The maximum atomic E-state index is 11.6. The van der Waals surface area contributed by atoms with Gasteiger partial charge in [0, 0.05) is 32.1 Å². The molecule has 1 fully saturated rings. The smallest absolute Gasteiger partial charge is 0.224 e. The number of hydrogen-bond donors (Lipinski definition) is 1. The molecule has 0 aliphatic carbocycles. The lowest BCUT2D eigenvalue weighted by Crippen LogP contribution is -2.31. The van der Waals surface area contributed by atoms with Crippen molar-refractivity contribution in [2.24, 2.45) is 5.73 Å². The van der Waals surface area contributed by atoms with Crippen LogP contribution in [0.15, 0.2) is 30.6 Å². The van der Waals surface area contributed by atoms with Crippen molar-refractivity contribution in [2.75, 3.05) is 13.1 Å². The van der Waals surface area contributed by atoms with Gasteiger partial charge in [-0.2, -0.15) is 0 Å². The molecule has 94 valence electrons. The molecular weight excluding hydrogens is 228 g/mol. The number of benzene rings is 1. The van der Waals surface area contributed by atoms with Crippen LogP contribution in [0.2, 0.25) is 0 Å². The first-order valence-electron chi connectivity index (χ1n) is 6.17. The van der Waals surface area contributed by atoms with Crippen molar-refractivity contribution in [3.8, 4) is 0 Å². The highest BCUT2D eigenvalue weighted by Crippen LogP contribution is 2.13. The van der Waals surface area contributed by atoms with Gasteiger partial charge >= 0.3 is 0 Å². The standard InChI is InChI=1S/C13H16N4O/c14-10-7-13(18)16(8-10)5-6-17-9-15-11-3-1-2-4-12(11)17/h1-4,9-10H,5-8,14H2. The molecular formula is C13H16N4O. The third-order valence-electron chi connectivity index (χ3n) is 3.38. The predicted octanol–water partition coefficient (Wildman–Crippen LogP) is 0.596. The lowest BCUT2D eigenvalue weighted by molar-refractivity contribution is -0.127. The zero-order valence-electron chi connectivity index (χ0n) is 10.1. The summed E-state index contributed by atoms with van der Waals surface area (Å²) in [5.74, 6) is 0.159. The van der Waals surface area contributed by atoms with Gasteiger partial charge in [-0.1, -0.05) is 12.1 Å². The van der Waals surface area contributed by atoms with Gasteiger partial charge in [0.15, 0.2) is 0 Å². The molecule has 0 spiro atoms. The molecule has 1 aromatic carbocycles. The van der Waals surface area contributed by atoms with Crippen LogP contribution in [0.3, 0.4) is 0 Å². The molecule has 0 saturated carbocycles. The Morgan fingerprint density at radius 2 is 2.17 bits per heavy atom. The van der Waals surface area contributed by atoms with Crippen LogP contribution in [0.4, 0.5) is 0 Å². The van der Waals surface area contributed by atoms with E-state index in [0.29, 0.717) is 19.5 Å². The van der Waals surface area contributed by atoms with E-state index >= 15 is 0 Å². The minimum Gasteiger partial charge on any atom is -0.339 e. The molecule has 1 unspecified atom stereocenters. The van der Waals surface area contributed by atoms with E-state index < -0.39 is 0 Å². The third kappa shape index (κ3) is 1.97. The number of para-hydroxylation sites is 2. The summed E-state index contributed by atoms with van der Waals surface area (Å²) in [5, 5.41) is 0. The average molecular weight is 244 g/mol. The Balaban J connectivity index is 1.72. The molecule has 5 heteroatoms. The first kappa shape index (κ1) is 11.2. The van der Waals surface area contributed by atoms with Crippen molar-refractivity contribution in [3.63, 3.8) is 0 Å². The first-order valence-corrected chi connectivity index (χ1v) is 6.17. The van der Waals surface area contributed by atoms with Crippen LogP contribution in [-0.2, 0) is 11.3 Å². The summed E-state index contributed by atoms with van der Waals surface area (Å²) in [4.78, 5) is 17.8. The van der Waals surface area contributed by atoms with Crippen LogP contribution in [0.25, 0.3) is 11.0 Å². The highest BCUT2D eigenvalue weighted by molar-refractivity contribution is 5.79. The van der Waals surface area contributed by atoms with E-state index in [1.54, 1.807) is 0 Å². The minimum absolute atomic E-state index is 0.00275. The molecule has 0 bridgehead atoms. The van der Waals surface area contributed by atoms with Gasteiger partial charge in [-0.05, 0) is 12.1 Å². The monoisotopic (exact) mass is 244 g/mol. The fourth-order valence-electron chi connectivity index (χ4n) is 2.44. The maximum absolute atomic E-state index is 11.6. The molecule has 3 rings (SSSR count). The quantitative estimate of drug-likeness (QED) is 0.859. The van der Waals surface area contributed by atoms with Crippen molar-refractivity contribution in [2.45, 2.75) is 19.0 Å². The fourth-order valence-corrected chi connectivity index (χ4v) is 2.44. The second-order valence-electron chi connectivity index (χ2n) is 4.73. The molecule has 1 aliphatic heterocycles. The van der Waals surface area contributed by atoms with Gasteiger partial charge in [0.05, 0.1) is 17.4 Å². The largest absolute Gasteiger partial charge is 0.339 e.